The van der Waals surface area contributed by atoms with Crippen LogP contribution in [0.15, 0.2) is 35.9 Å². The van der Waals surface area contributed by atoms with Crippen LogP contribution in [0.1, 0.15) is 70.8 Å². The van der Waals surface area contributed by atoms with Crippen LogP contribution in [0.2, 0.25) is 0 Å². The quantitative estimate of drug-likeness (QED) is 0.383. The largest absolute Gasteiger partial charge is 0.379 e. The lowest BCUT2D eigenvalue weighted by Gasteiger charge is -2.28. The molecule has 30 heavy (non-hydrogen) atoms. The summed E-state index contributed by atoms with van der Waals surface area (Å²) in [6.07, 6.45) is 11.2. The molecule has 0 bridgehead atoms. The number of rotatable bonds is 14. The van der Waals surface area contributed by atoms with Gasteiger partial charge in [0.1, 0.15) is 0 Å². The van der Waals surface area contributed by atoms with Crippen LogP contribution in [0, 0.1) is 0 Å². The van der Waals surface area contributed by atoms with Crippen molar-refractivity contribution in [3.8, 4) is 0 Å². The summed E-state index contributed by atoms with van der Waals surface area (Å²) in [6.45, 7) is 10.7. The average Bonchev–Trinajstić information content (AvgIpc) is 2.76. The van der Waals surface area contributed by atoms with Gasteiger partial charge in [-0.05, 0) is 25.3 Å². The molecule has 1 amide bonds. The van der Waals surface area contributed by atoms with E-state index in [-0.39, 0.29) is 0 Å². The maximum absolute atomic E-state index is 13.0. The van der Waals surface area contributed by atoms with Crippen molar-refractivity contribution in [1.29, 1.82) is 0 Å². The lowest BCUT2D eigenvalue weighted by Crippen LogP contribution is -2.39. The van der Waals surface area contributed by atoms with Crippen molar-refractivity contribution in [3.05, 3.63) is 41.5 Å². The minimum atomic E-state index is 0.313. The third-order valence-corrected chi connectivity index (χ3v) is 5.76. The minimum absolute atomic E-state index is 0.313. The Labute approximate surface area is 184 Å². The molecule has 0 unspecified atom stereocenters. The van der Waals surface area contributed by atoms with Crippen molar-refractivity contribution in [2.45, 2.75) is 65.2 Å². The molecule has 0 N–H and O–H groups in total. The number of benzene rings is 1. The Morgan fingerprint density at radius 3 is 2.47 bits per heavy atom. The van der Waals surface area contributed by atoms with E-state index >= 15 is 0 Å². The normalized spacial score (nSPS) is 15.3. The lowest BCUT2D eigenvalue weighted by atomic mass is 10.1. The average molecular weight is 415 g/mol. The smallest absolute Gasteiger partial charge is 0.222 e. The van der Waals surface area contributed by atoms with Gasteiger partial charge in [-0.1, -0.05) is 81.0 Å². The first-order valence-corrected chi connectivity index (χ1v) is 12.0. The number of nitrogens with zero attached hydrogens (tertiary/aromatic N) is 2. The second-order valence-electron chi connectivity index (χ2n) is 8.54. The number of amides is 1. The molecule has 0 radical (unpaired) electrons. The summed E-state index contributed by atoms with van der Waals surface area (Å²) in [6, 6.07) is 10.4. The van der Waals surface area contributed by atoms with Crippen LogP contribution in [-0.2, 0) is 9.53 Å². The first-order valence-electron chi connectivity index (χ1n) is 12.0. The van der Waals surface area contributed by atoms with Crippen molar-refractivity contribution in [1.82, 2.24) is 9.80 Å². The fourth-order valence-corrected chi connectivity index (χ4v) is 4.00. The number of hydrogen-bond acceptors (Lipinski definition) is 3. The molecule has 4 nitrogen and oxygen atoms in total. The van der Waals surface area contributed by atoms with E-state index in [0.717, 1.165) is 58.8 Å². The van der Waals surface area contributed by atoms with Gasteiger partial charge >= 0.3 is 0 Å². The molecule has 0 aliphatic carbocycles. The van der Waals surface area contributed by atoms with Gasteiger partial charge in [0, 0.05) is 39.1 Å². The van der Waals surface area contributed by atoms with E-state index in [1.807, 2.05) is 6.07 Å². The number of carbonyl (C=O) groups excluding carboxylic acids is 1. The second-order valence-corrected chi connectivity index (χ2v) is 8.54. The maximum atomic E-state index is 13.0. The number of hydrogen-bond donors (Lipinski definition) is 0. The highest BCUT2D eigenvalue weighted by Crippen LogP contribution is 2.12. The van der Waals surface area contributed by atoms with Crippen LogP contribution in [0.4, 0.5) is 0 Å². The molecule has 1 aliphatic rings. The summed E-state index contributed by atoms with van der Waals surface area (Å²) in [4.78, 5) is 17.5. The molecule has 1 saturated heterocycles. The van der Waals surface area contributed by atoms with E-state index in [2.05, 4.69) is 54.0 Å². The van der Waals surface area contributed by atoms with Crippen LogP contribution in [-0.4, -0.2) is 61.6 Å². The predicted molar refractivity (Wildman–Crippen MR) is 127 cm³/mol. The predicted octanol–water partition coefficient (Wildman–Crippen LogP) is 5.39. The Morgan fingerprint density at radius 1 is 1.03 bits per heavy atom. The number of ether oxygens (including phenoxy) is 1. The maximum Gasteiger partial charge on any atom is 0.222 e. The fraction of sp³-hybridized carbons (Fsp3) is 0.654. The van der Waals surface area contributed by atoms with Crippen molar-refractivity contribution in [2.75, 3.05) is 45.9 Å². The monoisotopic (exact) mass is 414 g/mol. The molecular formula is C26H42N2O2. The molecule has 2 rings (SSSR count). The minimum Gasteiger partial charge on any atom is -0.379 e. The van der Waals surface area contributed by atoms with E-state index in [0.29, 0.717) is 12.3 Å². The SMILES string of the molecule is CCCCCCCCC(=O)N(CCCN1CCOCC1)CC(C)=Cc1ccccc1. The molecule has 1 heterocycles. The molecule has 1 fully saturated rings. The molecule has 0 spiro atoms. The molecule has 0 aromatic heterocycles. The number of morpholine rings is 1. The van der Waals surface area contributed by atoms with Crippen molar-refractivity contribution >= 4 is 12.0 Å². The molecule has 0 saturated carbocycles. The van der Waals surface area contributed by atoms with Crippen molar-refractivity contribution < 1.29 is 9.53 Å². The van der Waals surface area contributed by atoms with Crippen LogP contribution in [0.3, 0.4) is 0 Å². The van der Waals surface area contributed by atoms with Crippen LogP contribution < -0.4 is 0 Å². The molecule has 0 atom stereocenters. The van der Waals surface area contributed by atoms with Crippen molar-refractivity contribution in [3.63, 3.8) is 0 Å². The third-order valence-electron chi connectivity index (χ3n) is 5.76. The topological polar surface area (TPSA) is 32.8 Å². The third kappa shape index (κ3) is 10.4. The highest BCUT2D eigenvalue weighted by molar-refractivity contribution is 5.76. The zero-order valence-corrected chi connectivity index (χ0v) is 19.3. The van der Waals surface area contributed by atoms with Gasteiger partial charge in [-0.15, -0.1) is 0 Å². The van der Waals surface area contributed by atoms with E-state index in [9.17, 15) is 4.79 Å². The van der Waals surface area contributed by atoms with E-state index < -0.39 is 0 Å². The first-order chi connectivity index (χ1) is 14.7. The molecule has 1 aromatic rings. The molecule has 4 heteroatoms. The molecular weight excluding hydrogens is 372 g/mol. The first kappa shape index (κ1) is 24.6. The van der Waals surface area contributed by atoms with E-state index in [4.69, 9.17) is 4.74 Å². The molecule has 1 aliphatic heterocycles. The Balaban J connectivity index is 1.84. The zero-order valence-electron chi connectivity index (χ0n) is 19.3. The highest BCUT2D eigenvalue weighted by Gasteiger charge is 2.15. The second kappa shape index (κ2) is 15.2. The van der Waals surface area contributed by atoms with E-state index in [1.165, 1.54) is 43.2 Å². The Hall–Kier alpha value is -1.65. The molecule has 1 aromatic carbocycles. The van der Waals surface area contributed by atoms with Gasteiger partial charge in [-0.3, -0.25) is 9.69 Å². The van der Waals surface area contributed by atoms with E-state index in [1.54, 1.807) is 0 Å². The number of carbonyl (C=O) groups is 1. The van der Waals surface area contributed by atoms with Gasteiger partial charge in [0.15, 0.2) is 0 Å². The van der Waals surface area contributed by atoms with Crippen LogP contribution >= 0.6 is 0 Å². The van der Waals surface area contributed by atoms with Crippen molar-refractivity contribution in [2.24, 2.45) is 0 Å². The van der Waals surface area contributed by atoms with Gasteiger partial charge in [-0.25, -0.2) is 0 Å². The van der Waals surface area contributed by atoms with Gasteiger partial charge in [-0.2, -0.15) is 0 Å². The fourth-order valence-electron chi connectivity index (χ4n) is 4.00. The lowest BCUT2D eigenvalue weighted by molar-refractivity contribution is -0.131. The Bertz CT molecular complexity index is 609. The molecule has 168 valence electrons. The summed E-state index contributed by atoms with van der Waals surface area (Å²) in [7, 11) is 0. The van der Waals surface area contributed by atoms with Crippen LogP contribution in [0.25, 0.3) is 6.08 Å². The Kier molecular flexibility index (Phi) is 12.5. The van der Waals surface area contributed by atoms with Gasteiger partial charge in [0.05, 0.1) is 13.2 Å². The Morgan fingerprint density at radius 2 is 1.73 bits per heavy atom. The summed E-state index contributed by atoms with van der Waals surface area (Å²) < 4.78 is 5.44. The summed E-state index contributed by atoms with van der Waals surface area (Å²) in [5.41, 5.74) is 2.44. The van der Waals surface area contributed by atoms with Gasteiger partial charge < -0.3 is 9.64 Å². The number of unbranched alkanes of at least 4 members (excludes halogenated alkanes) is 5. The summed E-state index contributed by atoms with van der Waals surface area (Å²) in [5, 5.41) is 0. The summed E-state index contributed by atoms with van der Waals surface area (Å²) >= 11 is 0. The standard InChI is InChI=1S/C26H42N2O2/c1-3-4-5-6-7-11-15-26(29)28(17-12-16-27-18-20-30-21-19-27)23-24(2)22-25-13-9-8-10-14-25/h8-10,13-14,22H,3-7,11-12,15-21,23H2,1-2H3. The van der Waals surface area contributed by atoms with Gasteiger partial charge in [0.25, 0.3) is 0 Å². The van der Waals surface area contributed by atoms with Crippen LogP contribution in [0.5, 0.6) is 0 Å². The summed E-state index contributed by atoms with van der Waals surface area (Å²) in [5.74, 6) is 0.313. The highest BCUT2D eigenvalue weighted by atomic mass is 16.5. The van der Waals surface area contributed by atoms with Gasteiger partial charge in [0.2, 0.25) is 5.91 Å². The zero-order chi connectivity index (χ0) is 21.4.